The molecule has 1 aliphatic heterocycles. The molecule has 1 amide bonds. The summed E-state index contributed by atoms with van der Waals surface area (Å²) in [5, 5.41) is 5.58. The van der Waals surface area contributed by atoms with Gasteiger partial charge in [-0.2, -0.15) is 5.10 Å². The van der Waals surface area contributed by atoms with Gasteiger partial charge in [0.25, 0.3) is 0 Å². The van der Waals surface area contributed by atoms with Gasteiger partial charge in [-0.15, -0.1) is 0 Å². The number of carbonyl (C=O) groups excluding carboxylic acids is 1. The lowest BCUT2D eigenvalue weighted by atomic mass is 10.0. The van der Waals surface area contributed by atoms with Gasteiger partial charge in [0.05, 0.1) is 24.6 Å². The maximum Gasteiger partial charge on any atom is 0.226 e. The Labute approximate surface area is 174 Å². The van der Waals surface area contributed by atoms with Gasteiger partial charge in [-0.3, -0.25) is 4.79 Å². The predicted octanol–water partition coefficient (Wildman–Crippen LogP) is 4.16. The molecule has 2 fully saturated rings. The van der Waals surface area contributed by atoms with Crippen LogP contribution in [-0.4, -0.2) is 46.9 Å². The number of ether oxygens (including phenoxy) is 1. The van der Waals surface area contributed by atoms with Crippen molar-refractivity contribution in [3.63, 3.8) is 0 Å². The van der Waals surface area contributed by atoms with Crippen molar-refractivity contribution in [2.24, 2.45) is 5.92 Å². The molecule has 2 heterocycles. The summed E-state index contributed by atoms with van der Waals surface area (Å²) in [6.07, 6.45) is 2.95. The first-order chi connectivity index (χ1) is 14.2. The maximum absolute atomic E-state index is 12.9. The van der Waals surface area contributed by atoms with Crippen molar-refractivity contribution in [2.45, 2.75) is 12.3 Å². The number of benzene rings is 2. The molecule has 0 spiro atoms. The molecule has 1 saturated carbocycles. The minimum atomic E-state index is 0.0348. The number of hydrogen-bond donors (Lipinski definition) is 0. The van der Waals surface area contributed by atoms with E-state index in [1.165, 1.54) is 0 Å². The molecule has 2 unspecified atom stereocenters. The molecule has 1 saturated heterocycles. The third-order valence-corrected chi connectivity index (χ3v) is 5.96. The molecule has 2 aliphatic rings. The third-order valence-electron chi connectivity index (χ3n) is 5.71. The quantitative estimate of drug-likeness (QED) is 0.652. The van der Waals surface area contributed by atoms with Crippen LogP contribution in [0, 0.1) is 5.92 Å². The number of nitrogens with zero attached hydrogens (tertiary/aromatic N) is 3. The summed E-state index contributed by atoms with van der Waals surface area (Å²) in [5.41, 5.74) is 4.07. The fraction of sp³-hybridized carbons (Fsp3) is 0.304. The summed E-state index contributed by atoms with van der Waals surface area (Å²) in [6.45, 7) is 2.64. The summed E-state index contributed by atoms with van der Waals surface area (Å²) in [5.74, 6) is 0.480. The summed E-state index contributed by atoms with van der Waals surface area (Å²) in [7, 11) is 0. The Hall–Kier alpha value is -2.63. The van der Waals surface area contributed by atoms with E-state index in [0.29, 0.717) is 31.3 Å². The van der Waals surface area contributed by atoms with Crippen molar-refractivity contribution in [2.75, 3.05) is 26.3 Å². The second-order valence-electron chi connectivity index (χ2n) is 7.61. The number of amides is 1. The highest BCUT2D eigenvalue weighted by molar-refractivity contribution is 6.30. The van der Waals surface area contributed by atoms with Gasteiger partial charge in [-0.1, -0.05) is 41.9 Å². The number of carbonyl (C=O) groups is 1. The zero-order chi connectivity index (χ0) is 19.8. The largest absolute Gasteiger partial charge is 0.378 e. The van der Waals surface area contributed by atoms with Crippen LogP contribution in [0.5, 0.6) is 0 Å². The molecule has 0 radical (unpaired) electrons. The molecular formula is C23H22ClN3O2. The normalized spacial score (nSPS) is 21.2. The van der Waals surface area contributed by atoms with E-state index >= 15 is 0 Å². The van der Waals surface area contributed by atoms with E-state index in [-0.39, 0.29) is 17.7 Å². The number of hydrogen-bond acceptors (Lipinski definition) is 3. The van der Waals surface area contributed by atoms with Gasteiger partial charge in [0.2, 0.25) is 5.91 Å². The van der Waals surface area contributed by atoms with E-state index in [9.17, 15) is 4.79 Å². The van der Waals surface area contributed by atoms with Crippen molar-refractivity contribution in [1.29, 1.82) is 0 Å². The third kappa shape index (κ3) is 3.68. The van der Waals surface area contributed by atoms with Crippen molar-refractivity contribution >= 4 is 17.5 Å². The number of halogens is 1. The molecule has 5 rings (SSSR count). The lowest BCUT2D eigenvalue weighted by Crippen LogP contribution is -2.41. The Morgan fingerprint density at radius 1 is 1.03 bits per heavy atom. The van der Waals surface area contributed by atoms with Gasteiger partial charge >= 0.3 is 0 Å². The van der Waals surface area contributed by atoms with Gasteiger partial charge in [0.15, 0.2) is 0 Å². The van der Waals surface area contributed by atoms with E-state index in [0.717, 1.165) is 28.9 Å². The second kappa shape index (κ2) is 7.65. The minimum Gasteiger partial charge on any atom is -0.378 e. The van der Waals surface area contributed by atoms with Gasteiger partial charge in [-0.05, 0) is 30.7 Å². The van der Waals surface area contributed by atoms with Crippen molar-refractivity contribution < 1.29 is 9.53 Å². The molecule has 3 aromatic rings. The van der Waals surface area contributed by atoms with Crippen LogP contribution >= 0.6 is 11.6 Å². The summed E-state index contributed by atoms with van der Waals surface area (Å²) in [4.78, 5) is 14.9. The van der Waals surface area contributed by atoms with E-state index in [1.807, 2.05) is 64.2 Å². The van der Waals surface area contributed by atoms with Crippen LogP contribution in [0.15, 0.2) is 60.8 Å². The first kappa shape index (κ1) is 18.4. The van der Waals surface area contributed by atoms with Gasteiger partial charge < -0.3 is 9.64 Å². The zero-order valence-electron chi connectivity index (χ0n) is 16.0. The van der Waals surface area contributed by atoms with E-state index in [4.69, 9.17) is 21.4 Å². The Kier molecular flexibility index (Phi) is 4.86. The molecule has 29 heavy (non-hydrogen) atoms. The lowest BCUT2D eigenvalue weighted by Gasteiger charge is -2.27. The van der Waals surface area contributed by atoms with Crippen LogP contribution in [-0.2, 0) is 9.53 Å². The van der Waals surface area contributed by atoms with Crippen molar-refractivity contribution in [1.82, 2.24) is 14.7 Å². The zero-order valence-corrected chi connectivity index (χ0v) is 16.8. The molecule has 6 heteroatoms. The van der Waals surface area contributed by atoms with E-state index < -0.39 is 0 Å². The molecule has 1 aromatic heterocycles. The average Bonchev–Trinajstić information content (AvgIpc) is 3.45. The molecule has 0 bridgehead atoms. The van der Waals surface area contributed by atoms with Crippen LogP contribution in [0.4, 0.5) is 0 Å². The van der Waals surface area contributed by atoms with E-state index in [2.05, 4.69) is 6.20 Å². The fourth-order valence-electron chi connectivity index (χ4n) is 4.03. The first-order valence-corrected chi connectivity index (χ1v) is 10.4. The van der Waals surface area contributed by atoms with Gasteiger partial charge in [0, 0.05) is 47.3 Å². The van der Waals surface area contributed by atoms with Crippen molar-refractivity contribution in [3.8, 4) is 16.9 Å². The molecule has 148 valence electrons. The highest BCUT2D eigenvalue weighted by atomic mass is 35.5. The highest BCUT2D eigenvalue weighted by Crippen LogP contribution is 2.51. The summed E-state index contributed by atoms with van der Waals surface area (Å²) >= 11 is 6.08. The molecule has 0 N–H and O–H groups in total. The smallest absolute Gasteiger partial charge is 0.226 e. The average molecular weight is 408 g/mol. The van der Waals surface area contributed by atoms with Crippen LogP contribution < -0.4 is 0 Å². The number of rotatable bonds is 4. The van der Waals surface area contributed by atoms with Gasteiger partial charge in [0.1, 0.15) is 0 Å². The van der Waals surface area contributed by atoms with Crippen LogP contribution in [0.2, 0.25) is 5.02 Å². The summed E-state index contributed by atoms with van der Waals surface area (Å²) in [6, 6.07) is 17.8. The van der Waals surface area contributed by atoms with Gasteiger partial charge in [-0.25, -0.2) is 4.68 Å². The van der Waals surface area contributed by atoms with Crippen LogP contribution in [0.25, 0.3) is 16.9 Å². The molecule has 2 atom stereocenters. The fourth-order valence-corrected chi connectivity index (χ4v) is 4.16. The first-order valence-electron chi connectivity index (χ1n) is 9.98. The second-order valence-corrected chi connectivity index (χ2v) is 8.04. The summed E-state index contributed by atoms with van der Waals surface area (Å²) < 4.78 is 7.29. The Bertz CT molecular complexity index is 1010. The Morgan fingerprint density at radius 2 is 1.76 bits per heavy atom. The topological polar surface area (TPSA) is 47.4 Å². The SMILES string of the molecule is O=C(C1CC1c1cn(-c2ccccc2)nc1-c1ccc(Cl)cc1)N1CCOCC1. The molecule has 1 aliphatic carbocycles. The Morgan fingerprint density at radius 3 is 2.48 bits per heavy atom. The highest BCUT2D eigenvalue weighted by Gasteiger charge is 2.47. The van der Waals surface area contributed by atoms with Crippen LogP contribution in [0.1, 0.15) is 17.9 Å². The number of aromatic nitrogens is 2. The molecular weight excluding hydrogens is 386 g/mol. The predicted molar refractivity (Wildman–Crippen MR) is 112 cm³/mol. The van der Waals surface area contributed by atoms with Crippen molar-refractivity contribution in [3.05, 3.63) is 71.4 Å². The molecule has 5 nitrogen and oxygen atoms in total. The maximum atomic E-state index is 12.9. The van der Waals surface area contributed by atoms with E-state index in [1.54, 1.807) is 0 Å². The molecule has 2 aromatic carbocycles. The monoisotopic (exact) mass is 407 g/mol. The number of para-hydroxylation sites is 1. The number of morpholine rings is 1. The minimum absolute atomic E-state index is 0.0348. The Balaban J connectivity index is 1.47. The van der Waals surface area contributed by atoms with Crippen LogP contribution in [0.3, 0.4) is 0 Å². The lowest BCUT2D eigenvalue weighted by molar-refractivity contribution is -0.136. The standard InChI is InChI=1S/C23H22ClN3O2/c24-17-8-6-16(7-9-17)22-21(15-27(25-22)18-4-2-1-3-5-18)19-14-20(19)23(28)26-10-12-29-13-11-26/h1-9,15,19-20H,10-14H2.